The first-order valence-corrected chi connectivity index (χ1v) is 9.75. The van der Waals surface area contributed by atoms with Gasteiger partial charge in [-0.3, -0.25) is 9.59 Å². The van der Waals surface area contributed by atoms with E-state index in [1.165, 1.54) is 11.3 Å². The topological polar surface area (TPSA) is 67.9 Å². The number of thiophene rings is 1. The molecule has 27 heavy (non-hydrogen) atoms. The fraction of sp³-hybridized carbons (Fsp3) is 0.400. The molecule has 2 atom stereocenters. The highest BCUT2D eigenvalue weighted by atomic mass is 32.1. The van der Waals surface area contributed by atoms with Crippen LogP contribution in [-0.2, 0) is 9.53 Å². The quantitative estimate of drug-likeness (QED) is 0.740. The van der Waals surface area contributed by atoms with Crippen LogP contribution < -0.4 is 10.1 Å². The summed E-state index contributed by atoms with van der Waals surface area (Å²) in [7, 11) is 3.22. The average Bonchev–Trinajstić information content (AvgIpc) is 3.38. The van der Waals surface area contributed by atoms with Crippen LogP contribution in [-0.4, -0.2) is 57.2 Å². The van der Waals surface area contributed by atoms with Crippen molar-refractivity contribution in [2.24, 2.45) is 5.92 Å². The lowest BCUT2D eigenvalue weighted by Gasteiger charge is -2.18. The fourth-order valence-electron chi connectivity index (χ4n) is 3.39. The predicted octanol–water partition coefficient (Wildman–Crippen LogP) is 2.38. The van der Waals surface area contributed by atoms with Crippen LogP contribution in [0, 0.1) is 5.92 Å². The maximum atomic E-state index is 12.8. The summed E-state index contributed by atoms with van der Waals surface area (Å²) in [6, 6.07) is 11.4. The number of benzene rings is 1. The highest BCUT2D eigenvalue weighted by Gasteiger charge is 2.40. The summed E-state index contributed by atoms with van der Waals surface area (Å²) in [5.74, 6) is 0.357. The van der Waals surface area contributed by atoms with Crippen molar-refractivity contribution < 1.29 is 19.1 Å². The Morgan fingerprint density at radius 3 is 2.59 bits per heavy atom. The van der Waals surface area contributed by atoms with Crippen LogP contribution in [0.1, 0.15) is 21.2 Å². The second kappa shape index (κ2) is 9.01. The molecule has 7 heteroatoms. The lowest BCUT2D eigenvalue weighted by Crippen LogP contribution is -2.37. The molecule has 0 unspecified atom stereocenters. The van der Waals surface area contributed by atoms with Crippen molar-refractivity contribution in [2.45, 2.75) is 5.92 Å². The van der Waals surface area contributed by atoms with Gasteiger partial charge in [-0.15, -0.1) is 11.3 Å². The number of amides is 2. The fourth-order valence-corrected chi connectivity index (χ4v) is 4.08. The summed E-state index contributed by atoms with van der Waals surface area (Å²) in [5, 5.41) is 4.81. The third-order valence-corrected chi connectivity index (χ3v) is 5.68. The van der Waals surface area contributed by atoms with Gasteiger partial charge in [0, 0.05) is 32.7 Å². The molecule has 0 bridgehead atoms. The molecule has 1 aliphatic heterocycles. The maximum Gasteiger partial charge on any atom is 0.263 e. The summed E-state index contributed by atoms with van der Waals surface area (Å²) in [6.45, 7) is 1.85. The van der Waals surface area contributed by atoms with Crippen LogP contribution in [0.25, 0.3) is 0 Å². The normalized spacial score (nSPS) is 19.1. The molecule has 1 aromatic carbocycles. The molecule has 0 radical (unpaired) electrons. The van der Waals surface area contributed by atoms with E-state index < -0.39 is 0 Å². The van der Waals surface area contributed by atoms with Gasteiger partial charge < -0.3 is 19.7 Å². The van der Waals surface area contributed by atoms with Crippen LogP contribution in [0.3, 0.4) is 0 Å². The molecule has 144 valence electrons. The number of likely N-dealkylation sites (tertiary alicyclic amines) is 1. The number of hydrogen-bond acceptors (Lipinski definition) is 5. The summed E-state index contributed by atoms with van der Waals surface area (Å²) in [5.41, 5.74) is 1.03. The van der Waals surface area contributed by atoms with E-state index in [9.17, 15) is 9.59 Å². The van der Waals surface area contributed by atoms with Crippen LogP contribution in [0.2, 0.25) is 0 Å². The number of rotatable bonds is 7. The standard InChI is InChI=1S/C20H24N2O4S/c1-25-10-9-21-19(23)17-13-22(20(24)18-4-3-11-27-18)12-16(17)14-5-7-15(26-2)8-6-14/h3-8,11,16-17H,9-10,12-13H2,1-2H3,(H,21,23)/t16-,17+/m1/s1. The number of ether oxygens (including phenoxy) is 2. The second-order valence-corrected chi connectivity index (χ2v) is 7.41. The molecule has 6 nitrogen and oxygen atoms in total. The highest BCUT2D eigenvalue weighted by molar-refractivity contribution is 7.12. The molecule has 1 aromatic heterocycles. The molecule has 3 rings (SSSR count). The zero-order valence-corrected chi connectivity index (χ0v) is 16.3. The van der Waals surface area contributed by atoms with E-state index in [4.69, 9.17) is 9.47 Å². The zero-order valence-electron chi connectivity index (χ0n) is 15.5. The van der Waals surface area contributed by atoms with Gasteiger partial charge in [0.25, 0.3) is 5.91 Å². The smallest absolute Gasteiger partial charge is 0.263 e. The van der Waals surface area contributed by atoms with E-state index in [2.05, 4.69) is 5.32 Å². The minimum absolute atomic E-state index is 0.0179. The third kappa shape index (κ3) is 4.48. The summed E-state index contributed by atoms with van der Waals surface area (Å²) >= 11 is 1.42. The SMILES string of the molecule is COCCNC(=O)[C@H]1CN(C(=O)c2cccs2)C[C@@H]1c1ccc(OC)cc1. The van der Waals surface area contributed by atoms with E-state index in [0.717, 1.165) is 11.3 Å². The molecular formula is C20H24N2O4S. The molecule has 0 spiro atoms. The zero-order chi connectivity index (χ0) is 19.2. The number of carbonyl (C=O) groups excluding carboxylic acids is 2. The Hall–Kier alpha value is -2.38. The van der Waals surface area contributed by atoms with Gasteiger partial charge in [0.2, 0.25) is 5.91 Å². The van der Waals surface area contributed by atoms with Gasteiger partial charge in [0.15, 0.2) is 0 Å². The largest absolute Gasteiger partial charge is 0.497 e. The van der Waals surface area contributed by atoms with E-state index >= 15 is 0 Å². The van der Waals surface area contributed by atoms with Gasteiger partial charge in [-0.05, 0) is 29.1 Å². The number of nitrogens with one attached hydrogen (secondary N) is 1. The Morgan fingerprint density at radius 1 is 1.19 bits per heavy atom. The molecular weight excluding hydrogens is 364 g/mol. The number of nitrogens with zero attached hydrogens (tertiary/aromatic N) is 1. The molecule has 1 N–H and O–H groups in total. The molecule has 2 heterocycles. The van der Waals surface area contributed by atoms with Gasteiger partial charge >= 0.3 is 0 Å². The van der Waals surface area contributed by atoms with Gasteiger partial charge in [0.05, 0.1) is 24.5 Å². The highest BCUT2D eigenvalue weighted by Crippen LogP contribution is 2.34. The summed E-state index contributed by atoms with van der Waals surface area (Å²) in [6.07, 6.45) is 0. The van der Waals surface area contributed by atoms with E-state index in [-0.39, 0.29) is 23.7 Å². The summed E-state index contributed by atoms with van der Waals surface area (Å²) < 4.78 is 10.2. The predicted molar refractivity (Wildman–Crippen MR) is 104 cm³/mol. The van der Waals surface area contributed by atoms with Gasteiger partial charge in [-0.1, -0.05) is 18.2 Å². The van der Waals surface area contributed by atoms with Crippen LogP contribution >= 0.6 is 11.3 Å². The van der Waals surface area contributed by atoms with Crippen molar-refractivity contribution in [3.05, 3.63) is 52.2 Å². The lowest BCUT2D eigenvalue weighted by molar-refractivity contribution is -0.125. The van der Waals surface area contributed by atoms with E-state index in [1.54, 1.807) is 19.1 Å². The Morgan fingerprint density at radius 2 is 1.96 bits per heavy atom. The molecule has 1 aliphatic rings. The van der Waals surface area contributed by atoms with Crippen molar-refractivity contribution in [3.8, 4) is 5.75 Å². The van der Waals surface area contributed by atoms with Gasteiger partial charge in [-0.25, -0.2) is 0 Å². The first-order valence-electron chi connectivity index (χ1n) is 8.87. The molecule has 1 fully saturated rings. The lowest BCUT2D eigenvalue weighted by atomic mass is 9.88. The van der Waals surface area contributed by atoms with Gasteiger partial charge in [0.1, 0.15) is 5.75 Å². The number of methoxy groups -OCH3 is 2. The Bertz CT molecular complexity index is 761. The van der Waals surface area contributed by atoms with Crippen molar-refractivity contribution in [2.75, 3.05) is 40.5 Å². The Kier molecular flexibility index (Phi) is 6.47. The number of hydrogen-bond donors (Lipinski definition) is 1. The molecule has 2 aromatic rings. The van der Waals surface area contributed by atoms with Crippen LogP contribution in [0.4, 0.5) is 0 Å². The van der Waals surface area contributed by atoms with E-state index in [0.29, 0.717) is 31.1 Å². The first-order chi connectivity index (χ1) is 13.1. The minimum atomic E-state index is -0.292. The molecule has 0 saturated carbocycles. The van der Waals surface area contributed by atoms with Crippen molar-refractivity contribution in [1.82, 2.24) is 10.2 Å². The van der Waals surface area contributed by atoms with Crippen molar-refractivity contribution in [1.29, 1.82) is 0 Å². The van der Waals surface area contributed by atoms with Crippen molar-refractivity contribution in [3.63, 3.8) is 0 Å². The Balaban J connectivity index is 1.79. The first kappa shape index (κ1) is 19.4. The minimum Gasteiger partial charge on any atom is -0.497 e. The molecule has 2 amide bonds. The third-order valence-electron chi connectivity index (χ3n) is 4.83. The van der Waals surface area contributed by atoms with Gasteiger partial charge in [-0.2, -0.15) is 0 Å². The summed E-state index contributed by atoms with van der Waals surface area (Å²) in [4.78, 5) is 28.0. The monoisotopic (exact) mass is 388 g/mol. The molecule has 1 saturated heterocycles. The number of carbonyl (C=O) groups is 2. The van der Waals surface area contributed by atoms with Crippen LogP contribution in [0.5, 0.6) is 5.75 Å². The average molecular weight is 388 g/mol. The Labute approximate surface area is 163 Å². The second-order valence-electron chi connectivity index (χ2n) is 6.46. The van der Waals surface area contributed by atoms with Crippen molar-refractivity contribution >= 4 is 23.2 Å². The van der Waals surface area contributed by atoms with Crippen LogP contribution in [0.15, 0.2) is 41.8 Å². The van der Waals surface area contributed by atoms with E-state index in [1.807, 2.05) is 41.8 Å². The maximum absolute atomic E-state index is 12.8. The molecule has 0 aliphatic carbocycles.